The van der Waals surface area contributed by atoms with E-state index in [1.165, 1.54) is 6.08 Å². The summed E-state index contributed by atoms with van der Waals surface area (Å²) in [6.45, 7) is 2.72. The van der Waals surface area contributed by atoms with Gasteiger partial charge in [-0.1, -0.05) is 11.6 Å². The minimum Gasteiger partial charge on any atom is -0.482 e. The zero-order valence-electron chi connectivity index (χ0n) is 9.96. The molecule has 0 radical (unpaired) electrons. The third kappa shape index (κ3) is 1.97. The lowest BCUT2D eigenvalue weighted by atomic mass is 9.97. The van der Waals surface area contributed by atoms with Gasteiger partial charge in [0.2, 0.25) is 0 Å². The quantitative estimate of drug-likeness (QED) is 0.898. The number of aryl methyl sites for hydroxylation is 1. The lowest BCUT2D eigenvalue weighted by Crippen LogP contribution is -2.29. The zero-order chi connectivity index (χ0) is 13.4. The number of carboxylic acids is 1. The number of alkyl halides is 1. The van der Waals surface area contributed by atoms with E-state index in [4.69, 9.17) is 21.4 Å². The predicted octanol–water partition coefficient (Wildman–Crippen LogP) is 3.16. The number of carbonyl (C=O) groups is 1. The molecule has 0 bridgehead atoms. The second-order valence-corrected chi connectivity index (χ2v) is 4.59. The second-order valence-electron chi connectivity index (χ2n) is 4.21. The van der Waals surface area contributed by atoms with Crippen LogP contribution in [-0.4, -0.2) is 23.9 Å². The fourth-order valence-corrected chi connectivity index (χ4v) is 2.15. The van der Waals surface area contributed by atoms with Crippen molar-refractivity contribution in [1.82, 2.24) is 0 Å². The zero-order valence-corrected chi connectivity index (χ0v) is 10.7. The number of carboxylic acid groups (broad SMARTS) is 1. The van der Waals surface area contributed by atoms with Gasteiger partial charge >= 0.3 is 5.97 Å². The van der Waals surface area contributed by atoms with E-state index in [-0.39, 0.29) is 5.57 Å². The summed E-state index contributed by atoms with van der Waals surface area (Å²) in [5.41, 5.74) is 2.07. The Morgan fingerprint density at radius 3 is 2.78 bits per heavy atom. The summed E-state index contributed by atoms with van der Waals surface area (Å²) in [6.07, 6.45) is 0.376. The Bertz CT molecular complexity index is 552. The Hall–Kier alpha value is -1.55. The first-order chi connectivity index (χ1) is 8.45. The highest BCUT2D eigenvalue weighted by Crippen LogP contribution is 2.37. The van der Waals surface area contributed by atoms with Crippen molar-refractivity contribution in [2.24, 2.45) is 0 Å². The van der Waals surface area contributed by atoms with Crippen LogP contribution in [0.1, 0.15) is 16.7 Å². The van der Waals surface area contributed by atoms with Crippen molar-refractivity contribution in [3.8, 4) is 5.75 Å². The van der Waals surface area contributed by atoms with E-state index >= 15 is 0 Å². The maximum absolute atomic E-state index is 12.8. The van der Waals surface area contributed by atoms with Gasteiger partial charge in [0.1, 0.15) is 12.4 Å². The van der Waals surface area contributed by atoms with Gasteiger partial charge in [-0.2, -0.15) is 0 Å². The van der Waals surface area contributed by atoms with Crippen LogP contribution in [-0.2, 0) is 4.79 Å². The van der Waals surface area contributed by atoms with Crippen LogP contribution < -0.4 is 4.74 Å². The van der Waals surface area contributed by atoms with Crippen LogP contribution in [0, 0.1) is 13.8 Å². The number of rotatable bonds is 2. The van der Waals surface area contributed by atoms with Crippen molar-refractivity contribution < 1.29 is 19.0 Å². The Morgan fingerprint density at radius 1 is 1.56 bits per heavy atom. The van der Waals surface area contributed by atoms with E-state index in [0.717, 1.165) is 11.1 Å². The predicted molar refractivity (Wildman–Crippen MR) is 66.9 cm³/mol. The molecular formula is C13H12ClFO3. The van der Waals surface area contributed by atoms with Gasteiger partial charge in [0.15, 0.2) is 6.10 Å². The van der Waals surface area contributed by atoms with Gasteiger partial charge in [-0.25, -0.2) is 9.18 Å². The van der Waals surface area contributed by atoms with Crippen molar-refractivity contribution in [2.45, 2.75) is 20.0 Å². The summed E-state index contributed by atoms with van der Waals surface area (Å²) in [4.78, 5) is 11.0. The Labute approximate surface area is 109 Å². The highest BCUT2D eigenvalue weighted by atomic mass is 35.5. The molecule has 1 N–H and O–H groups in total. The average molecular weight is 271 g/mol. The molecule has 1 heterocycles. The van der Waals surface area contributed by atoms with Crippen LogP contribution in [0.3, 0.4) is 0 Å². The smallest absolute Gasteiger partial charge is 0.335 e. The summed E-state index contributed by atoms with van der Waals surface area (Å²) in [6, 6.07) is 1.70. The molecule has 0 saturated carbocycles. The first-order valence-electron chi connectivity index (χ1n) is 5.43. The van der Waals surface area contributed by atoms with Crippen molar-refractivity contribution in [3.63, 3.8) is 0 Å². The van der Waals surface area contributed by atoms with Gasteiger partial charge in [-0.05, 0) is 37.1 Å². The van der Waals surface area contributed by atoms with Crippen molar-refractivity contribution in [1.29, 1.82) is 0 Å². The monoisotopic (exact) mass is 270 g/mol. The molecule has 1 aromatic carbocycles. The normalized spacial score (nSPS) is 17.8. The average Bonchev–Trinajstić information content (AvgIpc) is 2.34. The molecule has 1 aromatic rings. The number of benzene rings is 1. The van der Waals surface area contributed by atoms with Crippen LogP contribution in [0.5, 0.6) is 5.75 Å². The molecule has 2 rings (SSSR count). The Morgan fingerprint density at radius 2 is 2.22 bits per heavy atom. The summed E-state index contributed by atoms with van der Waals surface area (Å²) in [7, 11) is 0. The minimum absolute atomic E-state index is 0.0898. The molecule has 5 heteroatoms. The van der Waals surface area contributed by atoms with E-state index < -0.39 is 18.7 Å². The molecule has 1 aliphatic rings. The second kappa shape index (κ2) is 4.61. The Balaban J connectivity index is 2.63. The minimum atomic E-state index is -1.18. The van der Waals surface area contributed by atoms with Gasteiger partial charge in [0.05, 0.1) is 5.57 Å². The maximum Gasteiger partial charge on any atom is 0.335 e. The summed E-state index contributed by atoms with van der Waals surface area (Å²) in [5.74, 6) is -0.707. The standard InChI is InChI=1S/C13H12ClFO3/c1-6-3-10-8(7(2)12(6)14)4-9(13(16)17)11(5-15)18-10/h3-4,11H,5H2,1-2H3,(H,16,17). The lowest BCUT2D eigenvalue weighted by molar-refractivity contribution is -0.133. The van der Waals surface area contributed by atoms with E-state index in [2.05, 4.69) is 0 Å². The first kappa shape index (κ1) is 12.9. The number of halogens is 2. The molecule has 0 aromatic heterocycles. The highest BCUT2D eigenvalue weighted by molar-refractivity contribution is 6.32. The number of ether oxygens (including phenoxy) is 1. The van der Waals surface area contributed by atoms with Crippen molar-refractivity contribution in [3.05, 3.63) is 33.4 Å². The lowest BCUT2D eigenvalue weighted by Gasteiger charge is -2.25. The molecule has 0 spiro atoms. The van der Waals surface area contributed by atoms with Gasteiger partial charge in [0, 0.05) is 10.6 Å². The van der Waals surface area contributed by atoms with Crippen molar-refractivity contribution in [2.75, 3.05) is 6.67 Å². The molecule has 96 valence electrons. The van der Waals surface area contributed by atoms with Crippen LogP contribution in [0.4, 0.5) is 4.39 Å². The van der Waals surface area contributed by atoms with Crippen LogP contribution in [0.25, 0.3) is 6.08 Å². The van der Waals surface area contributed by atoms with Crippen LogP contribution in [0.15, 0.2) is 11.6 Å². The number of hydrogen-bond acceptors (Lipinski definition) is 2. The molecule has 1 atom stereocenters. The molecule has 0 amide bonds. The first-order valence-corrected chi connectivity index (χ1v) is 5.80. The van der Waals surface area contributed by atoms with Gasteiger partial charge in [-0.3, -0.25) is 0 Å². The van der Waals surface area contributed by atoms with E-state index in [9.17, 15) is 9.18 Å². The van der Waals surface area contributed by atoms with Gasteiger partial charge in [-0.15, -0.1) is 0 Å². The molecule has 0 aliphatic carbocycles. The highest BCUT2D eigenvalue weighted by Gasteiger charge is 2.29. The fraction of sp³-hybridized carbons (Fsp3) is 0.308. The summed E-state index contributed by atoms with van der Waals surface area (Å²) in [5, 5.41) is 9.60. The summed E-state index contributed by atoms with van der Waals surface area (Å²) < 4.78 is 18.2. The van der Waals surface area contributed by atoms with Gasteiger partial charge < -0.3 is 9.84 Å². The van der Waals surface area contributed by atoms with E-state index in [1.807, 2.05) is 6.92 Å². The maximum atomic E-state index is 12.8. The molecule has 0 saturated heterocycles. The number of hydrogen-bond donors (Lipinski definition) is 1. The molecule has 1 unspecified atom stereocenters. The third-order valence-corrected chi connectivity index (χ3v) is 3.58. The number of fused-ring (bicyclic) bond motifs is 1. The van der Waals surface area contributed by atoms with Gasteiger partial charge in [0.25, 0.3) is 0 Å². The number of aliphatic carboxylic acids is 1. The van der Waals surface area contributed by atoms with Crippen molar-refractivity contribution >= 4 is 23.6 Å². The topological polar surface area (TPSA) is 46.5 Å². The summed E-state index contributed by atoms with van der Waals surface area (Å²) >= 11 is 6.11. The molecule has 0 fully saturated rings. The molecule has 3 nitrogen and oxygen atoms in total. The molecular weight excluding hydrogens is 259 g/mol. The Kier molecular flexibility index (Phi) is 3.30. The fourth-order valence-electron chi connectivity index (χ4n) is 1.99. The molecule has 1 aliphatic heterocycles. The largest absolute Gasteiger partial charge is 0.482 e. The SMILES string of the molecule is Cc1cc2c(c(C)c1Cl)C=C(C(=O)O)C(CF)O2. The van der Waals surface area contributed by atoms with Crippen LogP contribution >= 0.6 is 11.6 Å². The van der Waals surface area contributed by atoms with E-state index in [0.29, 0.717) is 16.3 Å². The van der Waals surface area contributed by atoms with E-state index in [1.54, 1.807) is 13.0 Å². The molecule has 18 heavy (non-hydrogen) atoms. The van der Waals surface area contributed by atoms with Crippen LogP contribution in [0.2, 0.25) is 5.02 Å². The third-order valence-electron chi connectivity index (χ3n) is 3.00.